The van der Waals surface area contributed by atoms with E-state index in [0.717, 1.165) is 42.7 Å². The summed E-state index contributed by atoms with van der Waals surface area (Å²) in [5, 5.41) is 4.26. The Bertz CT molecular complexity index is 1270. The molecular formula is C26H31Cl4N3O4S. The molecule has 0 bridgehead atoms. The summed E-state index contributed by atoms with van der Waals surface area (Å²) < 4.78 is 26.4. The van der Waals surface area contributed by atoms with E-state index in [-0.39, 0.29) is 34.2 Å². The number of nitrogens with one attached hydrogen (secondary N) is 1. The molecule has 1 aliphatic rings. The van der Waals surface area contributed by atoms with Crippen molar-refractivity contribution in [2.45, 2.75) is 64.1 Å². The lowest BCUT2D eigenvalue weighted by Gasteiger charge is -2.34. The van der Waals surface area contributed by atoms with Gasteiger partial charge in [-0.05, 0) is 55.2 Å². The van der Waals surface area contributed by atoms with Gasteiger partial charge in [0, 0.05) is 22.6 Å². The number of halogens is 4. The molecule has 0 radical (unpaired) electrons. The highest BCUT2D eigenvalue weighted by Gasteiger charge is 2.33. The summed E-state index contributed by atoms with van der Waals surface area (Å²) in [6.45, 7) is 1.25. The number of benzene rings is 2. The van der Waals surface area contributed by atoms with Crippen molar-refractivity contribution in [2.75, 3.05) is 17.1 Å². The van der Waals surface area contributed by atoms with Gasteiger partial charge in [0.15, 0.2) is 0 Å². The van der Waals surface area contributed by atoms with Crippen LogP contribution in [0.5, 0.6) is 0 Å². The van der Waals surface area contributed by atoms with Crippen molar-refractivity contribution in [1.29, 1.82) is 0 Å². The van der Waals surface area contributed by atoms with Gasteiger partial charge < -0.3 is 10.2 Å². The molecule has 12 heteroatoms. The van der Waals surface area contributed by atoms with Crippen LogP contribution in [0.3, 0.4) is 0 Å². The summed E-state index contributed by atoms with van der Waals surface area (Å²) >= 11 is 24.6. The van der Waals surface area contributed by atoms with Crippen LogP contribution in [-0.2, 0) is 26.2 Å². The van der Waals surface area contributed by atoms with Gasteiger partial charge in [-0.3, -0.25) is 13.9 Å². The van der Waals surface area contributed by atoms with Gasteiger partial charge in [-0.15, -0.1) is 0 Å². The fraction of sp³-hybridized carbons (Fsp3) is 0.462. The minimum atomic E-state index is -3.90. The van der Waals surface area contributed by atoms with Crippen LogP contribution in [0, 0.1) is 0 Å². The maximum atomic E-state index is 13.8. The van der Waals surface area contributed by atoms with Crippen molar-refractivity contribution >= 4 is 73.9 Å². The summed E-state index contributed by atoms with van der Waals surface area (Å²) in [6.07, 6.45) is 6.31. The van der Waals surface area contributed by atoms with Crippen LogP contribution >= 0.6 is 46.4 Å². The van der Waals surface area contributed by atoms with Crippen molar-refractivity contribution in [3.8, 4) is 0 Å². The number of rotatable bonds is 10. The number of hydrogen-bond donors (Lipinski definition) is 1. The van der Waals surface area contributed by atoms with Crippen LogP contribution in [0.25, 0.3) is 0 Å². The lowest BCUT2D eigenvalue weighted by Crippen LogP contribution is -2.54. The molecule has 0 aromatic heterocycles. The van der Waals surface area contributed by atoms with E-state index in [2.05, 4.69) is 5.32 Å². The third-order valence-electron chi connectivity index (χ3n) is 6.56. The first-order valence-electron chi connectivity index (χ1n) is 12.4. The Morgan fingerprint density at radius 3 is 2.24 bits per heavy atom. The molecule has 1 saturated carbocycles. The first-order valence-corrected chi connectivity index (χ1v) is 15.7. The average Bonchev–Trinajstić information content (AvgIpc) is 2.85. The van der Waals surface area contributed by atoms with Crippen molar-refractivity contribution in [3.05, 3.63) is 62.1 Å². The zero-order valence-electron chi connectivity index (χ0n) is 21.2. The number of nitrogens with zero attached hydrogens (tertiary/aromatic N) is 2. The molecular weight excluding hydrogens is 592 g/mol. The van der Waals surface area contributed by atoms with Gasteiger partial charge in [-0.2, -0.15) is 0 Å². The normalized spacial score (nSPS) is 15.1. The molecule has 0 heterocycles. The van der Waals surface area contributed by atoms with Gasteiger partial charge in [0.1, 0.15) is 12.6 Å². The van der Waals surface area contributed by atoms with Crippen LogP contribution in [-0.4, -0.2) is 50.0 Å². The minimum Gasteiger partial charge on any atom is -0.352 e. The molecule has 7 nitrogen and oxygen atoms in total. The Balaban J connectivity index is 1.95. The van der Waals surface area contributed by atoms with Crippen LogP contribution in [0.15, 0.2) is 36.4 Å². The number of hydrogen-bond acceptors (Lipinski definition) is 4. The Hall–Kier alpha value is -1.71. The zero-order chi connectivity index (χ0) is 28.0. The number of sulfonamides is 1. The fourth-order valence-corrected chi connectivity index (χ4v) is 6.15. The summed E-state index contributed by atoms with van der Waals surface area (Å²) in [6, 6.07) is 8.40. The largest absolute Gasteiger partial charge is 0.352 e. The zero-order valence-corrected chi connectivity index (χ0v) is 25.1. The second kappa shape index (κ2) is 13.6. The number of carbonyl (C=O) groups excluding carboxylic acids is 2. The molecule has 0 unspecified atom stereocenters. The van der Waals surface area contributed by atoms with Crippen LogP contribution in [0.4, 0.5) is 5.69 Å². The van der Waals surface area contributed by atoms with E-state index in [4.69, 9.17) is 46.4 Å². The minimum absolute atomic E-state index is 0.00952. The van der Waals surface area contributed by atoms with Gasteiger partial charge in [0.05, 0.1) is 22.0 Å². The van der Waals surface area contributed by atoms with Gasteiger partial charge >= 0.3 is 0 Å². The van der Waals surface area contributed by atoms with Crippen molar-refractivity contribution in [3.63, 3.8) is 0 Å². The Morgan fingerprint density at radius 1 is 0.974 bits per heavy atom. The highest BCUT2D eigenvalue weighted by atomic mass is 35.5. The Labute approximate surface area is 244 Å². The number of amides is 2. The monoisotopic (exact) mass is 621 g/mol. The van der Waals surface area contributed by atoms with Gasteiger partial charge in [0.2, 0.25) is 21.8 Å². The molecule has 1 atom stereocenters. The second-order valence-electron chi connectivity index (χ2n) is 9.39. The smallest absolute Gasteiger partial charge is 0.244 e. The standard InChI is InChI=1S/C26H31Cl4N3O4S/c1-3-24(26(35)31-19-7-5-4-6-8-19)32(15-17-9-10-18(27)13-22(17)29)25(34)16-33(38(2,36)37)20-11-12-21(28)23(30)14-20/h9-14,19,24H,3-8,15-16H2,1-2H3,(H,31,35)/t24-/m0/s1. The molecule has 0 aliphatic heterocycles. The lowest BCUT2D eigenvalue weighted by molar-refractivity contribution is -0.140. The van der Waals surface area contributed by atoms with E-state index in [1.54, 1.807) is 18.2 Å². The number of carbonyl (C=O) groups is 2. The molecule has 2 amide bonds. The topological polar surface area (TPSA) is 86.8 Å². The molecule has 2 aromatic rings. The first kappa shape index (κ1) is 30.8. The Kier molecular flexibility index (Phi) is 11.0. The maximum absolute atomic E-state index is 13.8. The lowest BCUT2D eigenvalue weighted by atomic mass is 9.95. The predicted octanol–water partition coefficient (Wildman–Crippen LogP) is 6.32. The molecule has 38 heavy (non-hydrogen) atoms. The highest BCUT2D eigenvalue weighted by Crippen LogP contribution is 2.29. The van der Waals surface area contributed by atoms with E-state index >= 15 is 0 Å². The van der Waals surface area contributed by atoms with Crippen molar-refractivity contribution in [2.24, 2.45) is 0 Å². The SMILES string of the molecule is CC[C@@H](C(=O)NC1CCCCC1)N(Cc1ccc(Cl)cc1Cl)C(=O)CN(c1ccc(Cl)c(Cl)c1)S(C)(=O)=O. The van der Waals surface area contributed by atoms with Gasteiger partial charge in [-0.1, -0.05) is 78.7 Å². The molecule has 3 rings (SSSR count). The Morgan fingerprint density at radius 2 is 1.66 bits per heavy atom. The summed E-state index contributed by atoms with van der Waals surface area (Å²) in [5.74, 6) is -0.851. The van der Waals surface area contributed by atoms with E-state index in [1.807, 2.05) is 6.92 Å². The summed E-state index contributed by atoms with van der Waals surface area (Å²) in [5.41, 5.74) is 0.758. The maximum Gasteiger partial charge on any atom is 0.244 e. The first-order chi connectivity index (χ1) is 17.9. The van der Waals surface area contributed by atoms with E-state index < -0.39 is 28.5 Å². The number of anilines is 1. The average molecular weight is 623 g/mol. The molecule has 0 saturated heterocycles. The van der Waals surface area contributed by atoms with Crippen LogP contribution in [0.2, 0.25) is 20.1 Å². The third-order valence-corrected chi connectivity index (χ3v) is 9.03. The molecule has 2 aromatic carbocycles. The third kappa shape index (κ3) is 8.15. The highest BCUT2D eigenvalue weighted by molar-refractivity contribution is 7.92. The molecule has 1 aliphatic carbocycles. The summed E-state index contributed by atoms with van der Waals surface area (Å²) in [4.78, 5) is 28.6. The molecule has 0 spiro atoms. The van der Waals surface area contributed by atoms with E-state index in [1.165, 1.54) is 23.1 Å². The molecule has 1 fully saturated rings. The van der Waals surface area contributed by atoms with Crippen molar-refractivity contribution < 1.29 is 18.0 Å². The van der Waals surface area contributed by atoms with Gasteiger partial charge in [-0.25, -0.2) is 8.42 Å². The molecule has 1 N–H and O–H groups in total. The van der Waals surface area contributed by atoms with Crippen molar-refractivity contribution in [1.82, 2.24) is 10.2 Å². The van der Waals surface area contributed by atoms with Crippen LogP contribution < -0.4 is 9.62 Å². The summed E-state index contributed by atoms with van der Waals surface area (Å²) in [7, 11) is -3.90. The molecule has 208 valence electrons. The quantitative estimate of drug-likeness (QED) is 0.336. The van der Waals surface area contributed by atoms with Crippen LogP contribution in [0.1, 0.15) is 51.0 Å². The fourth-order valence-electron chi connectivity index (χ4n) is 4.55. The van der Waals surface area contributed by atoms with E-state index in [9.17, 15) is 18.0 Å². The second-order valence-corrected chi connectivity index (χ2v) is 13.0. The van der Waals surface area contributed by atoms with Gasteiger partial charge in [0.25, 0.3) is 0 Å². The van der Waals surface area contributed by atoms with E-state index in [0.29, 0.717) is 22.0 Å². The predicted molar refractivity (Wildman–Crippen MR) is 155 cm³/mol.